The second kappa shape index (κ2) is 9.82. The lowest BCUT2D eigenvalue weighted by atomic mass is 9.94. The van der Waals surface area contributed by atoms with Gasteiger partial charge in [0.2, 0.25) is 5.71 Å². The maximum Gasteiger partial charge on any atom is 0.227 e. The van der Waals surface area contributed by atoms with Gasteiger partial charge >= 0.3 is 0 Å². The maximum absolute atomic E-state index is 6.01. The molecule has 0 radical (unpaired) electrons. The van der Waals surface area contributed by atoms with Gasteiger partial charge in [-0.05, 0) is 85.9 Å². The van der Waals surface area contributed by atoms with Crippen LogP contribution in [-0.4, -0.2) is 4.98 Å². The first kappa shape index (κ1) is 24.6. The molecule has 2 aromatic heterocycles. The number of benzene rings is 7. The number of furan rings is 1. The zero-order chi connectivity index (χ0) is 29.0. The first-order valence-electron chi connectivity index (χ1n) is 14.9. The second-order valence-electron chi connectivity index (χ2n) is 11.2. The fraction of sp³-hybridized carbons (Fsp3) is 0. The Hall–Kier alpha value is -5.93. The lowest BCUT2D eigenvalue weighted by Crippen LogP contribution is -2.10. The molecule has 3 heteroatoms. The van der Waals surface area contributed by atoms with Crippen LogP contribution in [0, 0.1) is 0 Å². The smallest absolute Gasteiger partial charge is 0.227 e. The zero-order valence-corrected chi connectivity index (χ0v) is 23.8. The monoisotopic (exact) mass is 562 g/mol. The van der Waals surface area contributed by atoms with Gasteiger partial charge in [0.1, 0.15) is 5.58 Å². The molecule has 0 saturated carbocycles. The molecule has 44 heavy (non-hydrogen) atoms. The lowest BCUT2D eigenvalue weighted by molar-refractivity contribution is 0.654. The van der Waals surface area contributed by atoms with Crippen molar-refractivity contribution in [1.82, 2.24) is 4.98 Å². The van der Waals surface area contributed by atoms with Crippen molar-refractivity contribution < 1.29 is 4.42 Å². The van der Waals surface area contributed by atoms with Crippen molar-refractivity contribution in [3.63, 3.8) is 0 Å². The molecule has 9 aromatic rings. The third-order valence-electron chi connectivity index (χ3n) is 8.68. The quantitative estimate of drug-likeness (QED) is 0.200. The fourth-order valence-electron chi connectivity index (χ4n) is 6.56. The van der Waals surface area contributed by atoms with E-state index in [2.05, 4.69) is 132 Å². The molecule has 7 aromatic carbocycles. The van der Waals surface area contributed by atoms with Crippen LogP contribution in [0.15, 0.2) is 162 Å². The maximum atomic E-state index is 6.01. The number of pyridine rings is 1. The molecule has 0 aliphatic carbocycles. The number of para-hydroxylation sites is 2. The van der Waals surface area contributed by atoms with Crippen LogP contribution >= 0.6 is 0 Å². The predicted molar refractivity (Wildman–Crippen MR) is 184 cm³/mol. The van der Waals surface area contributed by atoms with Crippen LogP contribution in [-0.2, 0) is 0 Å². The molecule has 206 valence electrons. The highest BCUT2D eigenvalue weighted by molar-refractivity contribution is 6.20. The number of hydrogen-bond acceptors (Lipinski definition) is 3. The Bertz CT molecular complexity index is 2490. The molecule has 0 saturated heterocycles. The van der Waals surface area contributed by atoms with E-state index in [-0.39, 0.29) is 0 Å². The summed E-state index contributed by atoms with van der Waals surface area (Å²) in [7, 11) is 0. The first-order valence-corrected chi connectivity index (χ1v) is 14.9. The molecular formula is C41H26N2O. The molecule has 0 amide bonds. The van der Waals surface area contributed by atoms with Crippen LogP contribution in [0.3, 0.4) is 0 Å². The third-order valence-corrected chi connectivity index (χ3v) is 8.68. The molecule has 0 aliphatic heterocycles. The Morgan fingerprint density at radius 2 is 1.09 bits per heavy atom. The van der Waals surface area contributed by atoms with Gasteiger partial charge in [0.05, 0.1) is 17.3 Å². The fourth-order valence-corrected chi connectivity index (χ4v) is 6.56. The van der Waals surface area contributed by atoms with E-state index in [9.17, 15) is 0 Å². The van der Waals surface area contributed by atoms with Gasteiger partial charge in [-0.3, -0.25) is 0 Å². The molecule has 0 fully saturated rings. The van der Waals surface area contributed by atoms with Crippen LogP contribution in [0.4, 0.5) is 17.1 Å². The largest absolute Gasteiger partial charge is 0.438 e. The van der Waals surface area contributed by atoms with Crippen molar-refractivity contribution in [3.8, 4) is 11.1 Å². The van der Waals surface area contributed by atoms with Crippen molar-refractivity contribution in [2.75, 3.05) is 4.90 Å². The number of aromatic nitrogens is 1. The summed E-state index contributed by atoms with van der Waals surface area (Å²) in [5.74, 6) is 0. The number of nitrogens with zero attached hydrogens (tertiary/aromatic N) is 2. The van der Waals surface area contributed by atoms with Crippen molar-refractivity contribution in [3.05, 3.63) is 158 Å². The molecule has 3 nitrogen and oxygen atoms in total. The molecule has 0 atom stereocenters. The average molecular weight is 563 g/mol. The summed E-state index contributed by atoms with van der Waals surface area (Å²) >= 11 is 0. The molecule has 2 heterocycles. The number of rotatable bonds is 4. The minimum Gasteiger partial charge on any atom is -0.438 e. The van der Waals surface area contributed by atoms with Crippen LogP contribution in [0.1, 0.15) is 0 Å². The summed E-state index contributed by atoms with van der Waals surface area (Å²) < 4.78 is 6.01. The van der Waals surface area contributed by atoms with E-state index < -0.39 is 0 Å². The van der Waals surface area contributed by atoms with Crippen LogP contribution < -0.4 is 4.90 Å². The van der Waals surface area contributed by atoms with Crippen LogP contribution in [0.5, 0.6) is 0 Å². The summed E-state index contributed by atoms with van der Waals surface area (Å²) in [6.07, 6.45) is 1.89. The summed E-state index contributed by atoms with van der Waals surface area (Å²) in [6, 6.07) is 53.9. The molecule has 0 spiro atoms. The third kappa shape index (κ3) is 3.94. The van der Waals surface area contributed by atoms with E-state index in [1.54, 1.807) is 0 Å². The number of hydrogen-bond donors (Lipinski definition) is 0. The van der Waals surface area contributed by atoms with E-state index in [0.29, 0.717) is 5.71 Å². The van der Waals surface area contributed by atoms with Gasteiger partial charge < -0.3 is 9.32 Å². The zero-order valence-electron chi connectivity index (χ0n) is 23.8. The van der Waals surface area contributed by atoms with Crippen LogP contribution in [0.2, 0.25) is 0 Å². The van der Waals surface area contributed by atoms with E-state index in [1.807, 2.05) is 30.5 Å². The second-order valence-corrected chi connectivity index (χ2v) is 11.2. The van der Waals surface area contributed by atoms with E-state index in [4.69, 9.17) is 9.40 Å². The van der Waals surface area contributed by atoms with Gasteiger partial charge in [0.15, 0.2) is 0 Å². The number of anilines is 3. The first-order chi connectivity index (χ1) is 21.8. The number of fused-ring (bicyclic) bond motifs is 8. The van der Waals surface area contributed by atoms with Crippen molar-refractivity contribution in [2.24, 2.45) is 0 Å². The van der Waals surface area contributed by atoms with E-state index in [0.717, 1.165) is 33.4 Å². The average Bonchev–Trinajstić information content (AvgIpc) is 3.47. The van der Waals surface area contributed by atoms with Gasteiger partial charge in [0.25, 0.3) is 0 Å². The van der Waals surface area contributed by atoms with E-state index in [1.165, 1.54) is 43.4 Å². The Labute approximate surface area is 254 Å². The minimum absolute atomic E-state index is 0.649. The van der Waals surface area contributed by atoms with Gasteiger partial charge in [-0.2, -0.15) is 0 Å². The Balaban J connectivity index is 1.14. The van der Waals surface area contributed by atoms with Crippen molar-refractivity contribution >= 4 is 71.4 Å². The Kier molecular flexibility index (Phi) is 5.50. The minimum atomic E-state index is 0.649. The lowest BCUT2D eigenvalue weighted by Gasteiger charge is -2.25. The molecule has 0 unspecified atom stereocenters. The summed E-state index contributed by atoms with van der Waals surface area (Å²) in [5.41, 5.74) is 6.98. The van der Waals surface area contributed by atoms with Gasteiger partial charge in [-0.1, -0.05) is 109 Å². The van der Waals surface area contributed by atoms with Gasteiger partial charge in [-0.25, -0.2) is 4.98 Å². The Morgan fingerprint density at radius 1 is 0.432 bits per heavy atom. The topological polar surface area (TPSA) is 29.3 Å². The molecule has 0 aliphatic rings. The summed E-state index contributed by atoms with van der Waals surface area (Å²) in [6.45, 7) is 0. The molecule has 0 bridgehead atoms. The SMILES string of the molecule is c1ccc(N(c2ccc(-c3ccc4c(ccc5ccc6ccccc6c54)c3)cc2)c2cnc3oc4ccccc4c3c2)cc1. The summed E-state index contributed by atoms with van der Waals surface area (Å²) in [5, 5.41) is 9.75. The summed E-state index contributed by atoms with van der Waals surface area (Å²) in [4.78, 5) is 6.96. The van der Waals surface area contributed by atoms with Crippen molar-refractivity contribution in [2.45, 2.75) is 0 Å². The normalized spacial score (nSPS) is 11.6. The predicted octanol–water partition coefficient (Wildman–Crippen LogP) is 11.6. The van der Waals surface area contributed by atoms with Gasteiger partial charge in [-0.15, -0.1) is 0 Å². The molecular weight excluding hydrogens is 536 g/mol. The highest BCUT2D eigenvalue weighted by atomic mass is 16.3. The van der Waals surface area contributed by atoms with E-state index >= 15 is 0 Å². The highest BCUT2D eigenvalue weighted by Gasteiger charge is 2.16. The molecule has 9 rings (SSSR count). The van der Waals surface area contributed by atoms with Crippen molar-refractivity contribution in [1.29, 1.82) is 0 Å². The highest BCUT2D eigenvalue weighted by Crippen LogP contribution is 2.39. The van der Waals surface area contributed by atoms with Gasteiger partial charge in [0, 0.05) is 16.8 Å². The Morgan fingerprint density at radius 3 is 1.95 bits per heavy atom. The standard InChI is InChI=1S/C41H26N2O/c1-2-9-32(10-3-1)43(34-25-38-37-12-6-7-13-39(37)44-41(38)42-26-34)33-21-18-27(19-22-33)30-20-23-36-31(24-30)17-16-29-15-14-28-8-4-5-11-35(28)40(29)36/h1-26H. The van der Waals surface area contributed by atoms with Crippen LogP contribution in [0.25, 0.3) is 65.5 Å². The molecule has 0 N–H and O–H groups in total.